The van der Waals surface area contributed by atoms with Crippen molar-refractivity contribution in [1.82, 2.24) is 26.5 Å². The molecule has 0 radical (unpaired) electrons. The van der Waals surface area contributed by atoms with Crippen LogP contribution in [0, 0.1) is 18.6 Å². The second-order valence-corrected chi connectivity index (χ2v) is 31.0. The lowest BCUT2D eigenvalue weighted by molar-refractivity contribution is -0.139. The van der Waals surface area contributed by atoms with E-state index in [9.17, 15) is 99.3 Å². The van der Waals surface area contributed by atoms with Crippen LogP contribution in [0.1, 0.15) is 138 Å². The smallest absolute Gasteiger partial charge is 0.416 e. The van der Waals surface area contributed by atoms with E-state index in [0.29, 0.717) is 62.8 Å². The van der Waals surface area contributed by atoms with Gasteiger partial charge in [-0.15, -0.1) is 4.48 Å². The van der Waals surface area contributed by atoms with Crippen molar-refractivity contribution in [3.63, 3.8) is 0 Å². The third-order valence-electron chi connectivity index (χ3n) is 16.9. The number of nitrogens with one attached hydrogen (secondary N) is 1. The molecule has 0 aliphatic carbocycles. The van der Waals surface area contributed by atoms with Crippen LogP contribution >= 0.6 is 0 Å². The van der Waals surface area contributed by atoms with E-state index < -0.39 is 135 Å². The van der Waals surface area contributed by atoms with Crippen molar-refractivity contribution in [1.29, 1.82) is 0 Å². The molecule has 98 heavy (non-hydrogen) atoms. The van der Waals surface area contributed by atoms with Crippen molar-refractivity contribution in [3.8, 4) is 5.75 Å². The van der Waals surface area contributed by atoms with Gasteiger partial charge < -0.3 is 4.74 Å². The zero-order valence-corrected chi connectivity index (χ0v) is 56.6. The predicted octanol–water partition coefficient (Wildman–Crippen LogP) is 9.68. The Balaban J connectivity index is 0.000000194. The lowest BCUT2D eigenvalue weighted by Crippen LogP contribution is -2.48. The number of hydrogen-bond acceptors (Lipinski definition) is 11. The zero-order valence-electron chi connectivity index (χ0n) is 52.5. The van der Waals surface area contributed by atoms with Gasteiger partial charge in [-0.3, -0.25) is 0 Å². The summed E-state index contributed by atoms with van der Waals surface area (Å²) in [5, 5.41) is 19.8. The lowest BCUT2D eigenvalue weighted by Gasteiger charge is -2.35. The largest absolute Gasteiger partial charge is 0.496 e. The van der Waals surface area contributed by atoms with Crippen molar-refractivity contribution in [3.05, 3.63) is 171 Å². The van der Waals surface area contributed by atoms with E-state index in [2.05, 4.69) is 0 Å². The Morgan fingerprint density at radius 1 is 0.459 bits per heavy atom. The van der Waals surface area contributed by atoms with Gasteiger partial charge >= 0.3 is 22.6 Å². The molecule has 0 amide bonds. The number of hydrogen-bond donors (Lipinski definition) is 5. The van der Waals surface area contributed by atoms with E-state index in [1.165, 1.54) is 67.8 Å². The molecular weight excluding hydrogens is 1430 g/mol. The standard InChI is InChI=1S/2C12H14F4N2O2S.C12H16F2N2O3S.C12H17FN2O2S.C11H14F2N2O2S/c13-11-10(5-2-6-18(11)21(17,19)20)8-3-1-4-9(7-8)12(14,15)16;13-11-9(5-3-7-18(11)21(17,19)20)8-4-1-2-6-10(8)12(14,15)16;1-19-12-7-10(13)4-5-11(12)9-3-2-6-16(8-9)20(17,18)15-14;1-9-5-2-3-6-10(9)11-7-4-8-15(12(11)13)18(14,16)17;12-9-4-1-3-8(7-9)10-5-2-6-15(11(10)13)18(14,16)17/h1,3-4,7,10-11H,2,5-6H2,(H2,17,19,20);1-2,4,6,9,11H,3,5,7H2,(H2,17,19,20);4-5,7,9,15H,2-3,6,8H2,1H3;2-3,5-6,11-12H,4,7-8H2,1H3,(H2,14,16,17);1,3-4,7,10-11H,2,5-6H2,(H2,14,16,17). The lowest BCUT2D eigenvalue weighted by atomic mass is 9.87. The average Bonchev–Trinajstić information content (AvgIpc) is 0.798. The van der Waals surface area contributed by atoms with Crippen LogP contribution in [0.15, 0.2) is 115 Å². The highest BCUT2D eigenvalue weighted by Gasteiger charge is 2.45. The first kappa shape index (κ1) is 81.3. The molecule has 5 aromatic rings. The molecule has 9 unspecified atom stereocenters. The van der Waals surface area contributed by atoms with Gasteiger partial charge in [-0.2, -0.15) is 90.0 Å². The van der Waals surface area contributed by atoms with Crippen LogP contribution in [0.25, 0.3) is 0 Å². The second-order valence-electron chi connectivity index (χ2n) is 23.4. The summed E-state index contributed by atoms with van der Waals surface area (Å²) in [6.45, 7) is 2.31. The van der Waals surface area contributed by atoms with Gasteiger partial charge in [0.05, 0.1) is 18.2 Å². The summed E-state index contributed by atoms with van der Waals surface area (Å²) in [7, 11) is -19.2. The van der Waals surface area contributed by atoms with E-state index in [-0.39, 0.29) is 75.6 Å². The molecule has 5 aromatic carbocycles. The number of rotatable bonds is 12. The van der Waals surface area contributed by atoms with Gasteiger partial charge in [-0.25, -0.2) is 46.9 Å². The Kier molecular flexibility index (Phi) is 28.1. The Labute approximate surface area is 561 Å². The van der Waals surface area contributed by atoms with Gasteiger partial charge in [0.2, 0.25) is 0 Å². The van der Waals surface area contributed by atoms with Crippen LogP contribution in [0.5, 0.6) is 5.75 Å². The van der Waals surface area contributed by atoms with Crippen LogP contribution < -0.4 is 30.2 Å². The Morgan fingerprint density at radius 2 is 0.867 bits per heavy atom. The molecule has 0 spiro atoms. The van der Waals surface area contributed by atoms with Crippen molar-refractivity contribution in [2.45, 2.75) is 138 Å². The van der Waals surface area contributed by atoms with Crippen LogP contribution in [-0.2, 0) is 63.4 Å². The molecule has 0 aromatic heterocycles. The fourth-order valence-corrected chi connectivity index (χ4v) is 16.4. The number of halogens is 13. The highest BCUT2D eigenvalue weighted by atomic mass is 32.2. The third-order valence-corrected chi connectivity index (χ3v) is 22.3. The van der Waals surface area contributed by atoms with Gasteiger partial charge in [-0.05, 0) is 140 Å². The molecule has 5 saturated heterocycles. The summed E-state index contributed by atoms with van der Waals surface area (Å²) in [4.78, 5) is 0.828. The molecule has 10 rings (SSSR count). The van der Waals surface area contributed by atoms with Gasteiger partial charge in [0, 0.05) is 74.9 Å². The minimum atomic E-state index is -4.62. The second kappa shape index (κ2) is 33.9. The molecular formula is C59H75F13N10O11S5. The minimum absolute atomic E-state index is 0.0613. The molecule has 39 heteroatoms. The molecule has 0 bridgehead atoms. The van der Waals surface area contributed by atoms with E-state index >= 15 is 0 Å². The van der Waals surface area contributed by atoms with Gasteiger partial charge in [-0.1, -0.05) is 78.9 Å². The fourth-order valence-electron chi connectivity index (χ4n) is 12.3. The predicted molar refractivity (Wildman–Crippen MR) is 337 cm³/mol. The summed E-state index contributed by atoms with van der Waals surface area (Å²) in [6.07, 6.45) is -12.0. The van der Waals surface area contributed by atoms with Crippen LogP contribution in [0.3, 0.4) is 0 Å². The van der Waals surface area contributed by atoms with Crippen molar-refractivity contribution >= 4 is 51.0 Å². The quantitative estimate of drug-likeness (QED) is 0.0445. The zero-order chi connectivity index (χ0) is 73.1. The number of benzene rings is 5. The molecule has 9 N–H and O–H groups in total. The highest BCUT2D eigenvalue weighted by Crippen LogP contribution is 2.43. The Hall–Kier alpha value is -5.66. The third kappa shape index (κ3) is 21.7. The molecule has 21 nitrogen and oxygen atoms in total. The Morgan fingerprint density at radius 3 is 1.31 bits per heavy atom. The first-order valence-corrected chi connectivity index (χ1v) is 37.6. The first-order chi connectivity index (χ1) is 45.5. The van der Waals surface area contributed by atoms with Crippen molar-refractivity contribution < 1.29 is 104 Å². The summed E-state index contributed by atoms with van der Waals surface area (Å²) in [5.74, 6) is -3.91. The molecule has 5 heterocycles. The summed E-state index contributed by atoms with van der Waals surface area (Å²) in [6, 6.07) is 26.1. The van der Waals surface area contributed by atoms with Gasteiger partial charge in [0.25, 0.3) is 40.8 Å². The van der Waals surface area contributed by atoms with Crippen molar-refractivity contribution in [2.24, 2.45) is 20.6 Å². The number of nitrogens with two attached hydrogens (primary N) is 4. The SMILES string of the molecule is COc1cc(F)ccc1C1CCCN(S(=O)(=O)NF)C1.Cc1ccccc1C1CCCN(S(N)(=O)=O)C1F.NS(=O)(=O)N1CCCC(c2cccc(C(F)(F)F)c2)C1F.NS(=O)(=O)N1CCCC(c2cccc(F)c2)C1F.NS(=O)(=O)N1CCCC(c2ccccc2C(F)(F)F)C1F. The van der Waals surface area contributed by atoms with Gasteiger partial charge in [0.1, 0.15) is 17.4 Å². The van der Waals surface area contributed by atoms with Crippen molar-refractivity contribution in [2.75, 3.05) is 46.4 Å². The fraction of sp³-hybridized carbons (Fsp3) is 0.492. The maximum absolute atomic E-state index is 14.4. The Bertz CT molecular complexity index is 4090. The molecule has 5 fully saturated rings. The average molecular weight is 1510 g/mol. The summed E-state index contributed by atoms with van der Waals surface area (Å²) in [5.41, 5.74) is 1.05. The number of nitrogens with zero attached hydrogens (tertiary/aromatic N) is 5. The number of methoxy groups -OCH3 is 1. The first-order valence-electron chi connectivity index (χ1n) is 30.1. The van der Waals surface area contributed by atoms with E-state index in [0.717, 1.165) is 54.9 Å². The number of piperidine rings is 5. The maximum Gasteiger partial charge on any atom is 0.416 e. The minimum Gasteiger partial charge on any atom is -0.496 e. The van der Waals surface area contributed by atoms with E-state index in [1.54, 1.807) is 12.1 Å². The van der Waals surface area contributed by atoms with E-state index in [4.69, 9.17) is 25.3 Å². The maximum atomic E-state index is 14.4. The van der Waals surface area contributed by atoms with E-state index in [1.807, 2.05) is 31.2 Å². The molecule has 548 valence electrons. The normalized spacial score (nSPS) is 24.6. The monoisotopic (exact) mass is 1510 g/mol. The summed E-state index contributed by atoms with van der Waals surface area (Å²) < 4.78 is 294. The van der Waals surface area contributed by atoms with Gasteiger partial charge in [0.15, 0.2) is 25.2 Å². The highest BCUT2D eigenvalue weighted by molar-refractivity contribution is 7.87. The molecule has 5 aliphatic rings. The number of alkyl halides is 10. The molecule has 5 aliphatic heterocycles. The van der Waals surface area contributed by atoms with Crippen LogP contribution in [0.4, 0.5) is 57.2 Å². The van der Waals surface area contributed by atoms with Crippen LogP contribution in [0.2, 0.25) is 0 Å². The van der Waals surface area contributed by atoms with Crippen LogP contribution in [-0.4, -0.2) is 135 Å². The number of aryl methyl sites for hydroxylation is 1. The summed E-state index contributed by atoms with van der Waals surface area (Å²) >= 11 is 0. The topological polar surface area (TPSA) is 312 Å². The number of ether oxygens (including phenoxy) is 1. The molecule has 9 atom stereocenters. The molecule has 0 saturated carbocycles.